The predicted molar refractivity (Wildman–Crippen MR) is 81.7 cm³/mol. The molecule has 1 heterocycles. The summed E-state index contributed by atoms with van der Waals surface area (Å²) in [5.41, 5.74) is 1.30. The Hall–Kier alpha value is -0.880. The molecule has 0 spiro atoms. The molecule has 0 aliphatic heterocycles. The molecule has 0 aliphatic carbocycles. The molecule has 0 fully saturated rings. The van der Waals surface area contributed by atoms with Crippen molar-refractivity contribution in [1.29, 1.82) is 0 Å². The number of aromatic nitrogens is 1. The molecule has 1 aromatic carbocycles. The van der Waals surface area contributed by atoms with Gasteiger partial charge >= 0.3 is 0 Å². The van der Waals surface area contributed by atoms with Gasteiger partial charge in [-0.25, -0.2) is 4.98 Å². The molecule has 0 aliphatic rings. The van der Waals surface area contributed by atoms with Crippen LogP contribution in [0.3, 0.4) is 0 Å². The molecule has 3 nitrogen and oxygen atoms in total. The fourth-order valence-electron chi connectivity index (χ4n) is 1.58. The van der Waals surface area contributed by atoms with Crippen molar-refractivity contribution < 1.29 is 4.74 Å². The maximum Gasteiger partial charge on any atom is 0.103 e. The van der Waals surface area contributed by atoms with Crippen molar-refractivity contribution in [1.82, 2.24) is 10.3 Å². The molecule has 0 saturated carbocycles. The molecule has 1 N–H and O–H groups in total. The van der Waals surface area contributed by atoms with Gasteiger partial charge in [0.1, 0.15) is 5.01 Å². The van der Waals surface area contributed by atoms with E-state index in [-0.39, 0.29) is 0 Å². The molecule has 102 valence electrons. The number of ether oxygens (including phenoxy) is 1. The molecule has 2 aromatic rings. The third kappa shape index (κ3) is 5.32. The van der Waals surface area contributed by atoms with Gasteiger partial charge in [0.15, 0.2) is 0 Å². The number of nitrogens with one attached hydrogen (secondary N) is 1. The minimum absolute atomic E-state index is 0.752. The second-order valence-electron chi connectivity index (χ2n) is 4.03. The Labute approximate surface area is 122 Å². The third-order valence-electron chi connectivity index (χ3n) is 2.58. The molecular weight excluding hydrogens is 276 g/mol. The van der Waals surface area contributed by atoms with Gasteiger partial charge in [-0.05, 0) is 17.7 Å². The van der Waals surface area contributed by atoms with Gasteiger partial charge in [-0.2, -0.15) is 0 Å². The summed E-state index contributed by atoms with van der Waals surface area (Å²) in [6.45, 7) is 2.53. The zero-order valence-electron chi connectivity index (χ0n) is 11.0. The Morgan fingerprint density at radius 1 is 1.32 bits per heavy atom. The standard InChI is InChI=1S/C14H18N2OS2/c1-17-8-6-15-10-12-2-4-13(5-3-12)19-11-14-16-7-9-18-14/h2-5,7,9,15H,6,8,10-11H2,1H3. The summed E-state index contributed by atoms with van der Waals surface area (Å²) >= 11 is 3.53. The van der Waals surface area contributed by atoms with Crippen LogP contribution in [0.15, 0.2) is 40.7 Å². The van der Waals surface area contributed by atoms with E-state index in [4.69, 9.17) is 4.74 Å². The van der Waals surface area contributed by atoms with Gasteiger partial charge < -0.3 is 10.1 Å². The lowest BCUT2D eigenvalue weighted by Gasteiger charge is -2.05. The van der Waals surface area contributed by atoms with E-state index >= 15 is 0 Å². The van der Waals surface area contributed by atoms with E-state index < -0.39 is 0 Å². The summed E-state index contributed by atoms with van der Waals surface area (Å²) in [5, 5.41) is 6.53. The average Bonchev–Trinajstić information content (AvgIpc) is 2.96. The average molecular weight is 294 g/mol. The quantitative estimate of drug-likeness (QED) is 0.599. The zero-order chi connectivity index (χ0) is 13.3. The largest absolute Gasteiger partial charge is 0.383 e. The van der Waals surface area contributed by atoms with Crippen LogP contribution < -0.4 is 5.32 Å². The van der Waals surface area contributed by atoms with Crippen LogP contribution in [0.25, 0.3) is 0 Å². The molecule has 0 radical (unpaired) electrons. The SMILES string of the molecule is COCCNCc1ccc(SCc2nccs2)cc1. The summed E-state index contributed by atoms with van der Waals surface area (Å²) < 4.78 is 5.00. The summed E-state index contributed by atoms with van der Waals surface area (Å²) in [6.07, 6.45) is 1.86. The lowest BCUT2D eigenvalue weighted by Crippen LogP contribution is -2.18. The number of benzene rings is 1. The Morgan fingerprint density at radius 3 is 2.84 bits per heavy atom. The minimum atomic E-state index is 0.752. The first kappa shape index (κ1) is 14.5. The summed E-state index contributed by atoms with van der Waals surface area (Å²) in [6, 6.07) is 8.69. The molecular formula is C14H18N2OS2. The van der Waals surface area contributed by atoms with Gasteiger partial charge in [-0.15, -0.1) is 23.1 Å². The second-order valence-corrected chi connectivity index (χ2v) is 6.06. The highest BCUT2D eigenvalue weighted by atomic mass is 32.2. The van der Waals surface area contributed by atoms with Gasteiger partial charge in [-0.3, -0.25) is 0 Å². The van der Waals surface area contributed by atoms with Crippen molar-refractivity contribution in [3.05, 3.63) is 46.4 Å². The summed E-state index contributed by atoms with van der Waals surface area (Å²) in [4.78, 5) is 5.57. The Morgan fingerprint density at radius 2 is 2.16 bits per heavy atom. The summed E-state index contributed by atoms with van der Waals surface area (Å²) in [7, 11) is 1.72. The predicted octanol–water partition coefficient (Wildman–Crippen LogP) is 3.17. The molecule has 1 aromatic heterocycles. The third-order valence-corrected chi connectivity index (χ3v) is 4.57. The van der Waals surface area contributed by atoms with Gasteiger partial charge in [-0.1, -0.05) is 12.1 Å². The molecule has 0 saturated heterocycles. The fourth-order valence-corrected chi connectivity index (χ4v) is 3.12. The number of hydrogen-bond donors (Lipinski definition) is 1. The lowest BCUT2D eigenvalue weighted by atomic mass is 10.2. The van der Waals surface area contributed by atoms with Crippen molar-refractivity contribution in [3.8, 4) is 0 Å². The van der Waals surface area contributed by atoms with E-state index in [1.807, 2.05) is 23.3 Å². The first-order chi connectivity index (χ1) is 9.38. The van der Waals surface area contributed by atoms with Crippen LogP contribution in [0.1, 0.15) is 10.6 Å². The number of thioether (sulfide) groups is 1. The Bertz CT molecular complexity index is 457. The van der Waals surface area contributed by atoms with Crippen molar-refractivity contribution in [2.75, 3.05) is 20.3 Å². The van der Waals surface area contributed by atoms with Gasteiger partial charge in [0.2, 0.25) is 0 Å². The van der Waals surface area contributed by atoms with Crippen molar-refractivity contribution >= 4 is 23.1 Å². The molecule has 0 unspecified atom stereocenters. The first-order valence-corrected chi connectivity index (χ1v) is 8.05. The van der Waals surface area contributed by atoms with E-state index in [2.05, 4.69) is 34.6 Å². The van der Waals surface area contributed by atoms with Crippen LogP contribution >= 0.6 is 23.1 Å². The van der Waals surface area contributed by atoms with Crippen LogP contribution in [0.2, 0.25) is 0 Å². The molecule has 0 atom stereocenters. The lowest BCUT2D eigenvalue weighted by molar-refractivity contribution is 0.199. The highest BCUT2D eigenvalue weighted by Crippen LogP contribution is 2.23. The topological polar surface area (TPSA) is 34.1 Å². The normalized spacial score (nSPS) is 10.8. The highest BCUT2D eigenvalue weighted by molar-refractivity contribution is 7.98. The molecule has 0 bridgehead atoms. The van der Waals surface area contributed by atoms with E-state index in [0.29, 0.717) is 0 Å². The number of methoxy groups -OCH3 is 1. The van der Waals surface area contributed by atoms with Gasteiger partial charge in [0.25, 0.3) is 0 Å². The maximum atomic E-state index is 5.00. The molecule has 19 heavy (non-hydrogen) atoms. The van der Waals surface area contributed by atoms with Crippen LogP contribution in [0.5, 0.6) is 0 Å². The van der Waals surface area contributed by atoms with Crippen LogP contribution in [0.4, 0.5) is 0 Å². The maximum absolute atomic E-state index is 5.00. The van der Waals surface area contributed by atoms with E-state index in [0.717, 1.165) is 25.4 Å². The van der Waals surface area contributed by atoms with Gasteiger partial charge in [0.05, 0.1) is 12.4 Å². The Balaban J connectivity index is 1.74. The molecule has 5 heteroatoms. The summed E-state index contributed by atoms with van der Waals surface area (Å²) in [5.74, 6) is 0.948. The number of rotatable bonds is 8. The number of nitrogens with zero attached hydrogens (tertiary/aromatic N) is 1. The first-order valence-electron chi connectivity index (χ1n) is 6.18. The van der Waals surface area contributed by atoms with E-state index in [1.165, 1.54) is 15.5 Å². The van der Waals surface area contributed by atoms with Crippen molar-refractivity contribution in [2.24, 2.45) is 0 Å². The smallest absolute Gasteiger partial charge is 0.103 e. The van der Waals surface area contributed by atoms with Gasteiger partial charge in [0, 0.05) is 36.7 Å². The van der Waals surface area contributed by atoms with Crippen LogP contribution in [-0.2, 0) is 17.0 Å². The Kier molecular flexibility index (Phi) is 6.36. The minimum Gasteiger partial charge on any atom is -0.383 e. The second kappa shape index (κ2) is 8.32. The number of thiazole rings is 1. The highest BCUT2D eigenvalue weighted by Gasteiger charge is 1.99. The van der Waals surface area contributed by atoms with Crippen LogP contribution in [0, 0.1) is 0 Å². The van der Waals surface area contributed by atoms with Crippen LogP contribution in [-0.4, -0.2) is 25.2 Å². The zero-order valence-corrected chi connectivity index (χ0v) is 12.6. The fraction of sp³-hybridized carbons (Fsp3) is 0.357. The number of hydrogen-bond acceptors (Lipinski definition) is 5. The molecule has 2 rings (SSSR count). The monoisotopic (exact) mass is 294 g/mol. The molecule has 0 amide bonds. The van der Waals surface area contributed by atoms with Crippen molar-refractivity contribution in [3.63, 3.8) is 0 Å². The van der Waals surface area contributed by atoms with E-state index in [9.17, 15) is 0 Å². The van der Waals surface area contributed by atoms with E-state index in [1.54, 1.807) is 18.4 Å². The van der Waals surface area contributed by atoms with Crippen molar-refractivity contribution in [2.45, 2.75) is 17.2 Å².